The Labute approximate surface area is 47.4 Å². The summed E-state index contributed by atoms with van der Waals surface area (Å²) in [6.07, 6.45) is 0.364. The maximum atomic E-state index is 10.1. The second kappa shape index (κ2) is 3.93. The molecule has 0 amide bonds. The summed E-state index contributed by atoms with van der Waals surface area (Å²) in [5, 5.41) is 0. The van der Waals surface area contributed by atoms with Gasteiger partial charge in [0.05, 0.1) is 0 Å². The molecular formula is C4H6ClO2. The molecule has 41 valence electrons. The Bertz CT molecular complexity index is 62.7. The van der Waals surface area contributed by atoms with Crippen molar-refractivity contribution in [3.05, 3.63) is 6.07 Å². The molecule has 0 fully saturated rings. The standard InChI is InChI=1S/C4H6ClO2/c1-2-4(6)7-3-5/h3H,2H2,1H3. The molecular weight excluding hydrogens is 115 g/mol. The second-order valence-corrected chi connectivity index (χ2v) is 1.11. The van der Waals surface area contributed by atoms with Crippen LogP contribution in [-0.2, 0) is 9.53 Å². The molecule has 0 aliphatic heterocycles. The smallest absolute Gasteiger partial charge is 0.307 e. The van der Waals surface area contributed by atoms with Crippen LogP contribution in [0.25, 0.3) is 0 Å². The molecule has 0 aromatic carbocycles. The van der Waals surface area contributed by atoms with E-state index in [4.69, 9.17) is 11.6 Å². The minimum absolute atomic E-state index is 0.310. The average Bonchev–Trinajstić information content (AvgIpc) is 1.68. The summed E-state index contributed by atoms with van der Waals surface area (Å²) < 4.78 is 4.19. The van der Waals surface area contributed by atoms with Gasteiger partial charge in [-0.05, 0) is 0 Å². The molecule has 1 radical (unpaired) electrons. The van der Waals surface area contributed by atoms with E-state index in [1.54, 1.807) is 6.92 Å². The Hall–Kier alpha value is -0.240. The van der Waals surface area contributed by atoms with E-state index in [1.165, 1.54) is 0 Å². The quantitative estimate of drug-likeness (QED) is 0.515. The lowest BCUT2D eigenvalue weighted by Gasteiger charge is -1.90. The van der Waals surface area contributed by atoms with Crippen molar-refractivity contribution in [1.29, 1.82) is 0 Å². The zero-order valence-corrected chi connectivity index (χ0v) is 4.73. The predicted molar refractivity (Wildman–Crippen MR) is 26.5 cm³/mol. The predicted octanol–water partition coefficient (Wildman–Crippen LogP) is 1.30. The lowest BCUT2D eigenvalue weighted by atomic mass is 10.5. The van der Waals surface area contributed by atoms with Gasteiger partial charge in [-0.25, -0.2) is 0 Å². The van der Waals surface area contributed by atoms with Crippen molar-refractivity contribution in [2.24, 2.45) is 0 Å². The number of hydrogen-bond donors (Lipinski definition) is 0. The van der Waals surface area contributed by atoms with E-state index < -0.39 is 0 Å². The van der Waals surface area contributed by atoms with Crippen molar-refractivity contribution in [3.63, 3.8) is 0 Å². The number of ether oxygens (including phenoxy) is 1. The van der Waals surface area contributed by atoms with Gasteiger partial charge in [0.25, 0.3) is 0 Å². The van der Waals surface area contributed by atoms with Gasteiger partial charge in [0.2, 0.25) is 6.07 Å². The Morgan fingerprint density at radius 2 is 2.57 bits per heavy atom. The van der Waals surface area contributed by atoms with Gasteiger partial charge in [-0.1, -0.05) is 18.5 Å². The van der Waals surface area contributed by atoms with Crippen LogP contribution in [0.3, 0.4) is 0 Å². The van der Waals surface area contributed by atoms with E-state index in [9.17, 15) is 4.79 Å². The van der Waals surface area contributed by atoms with Crippen molar-refractivity contribution in [2.75, 3.05) is 0 Å². The third-order valence-corrected chi connectivity index (χ3v) is 0.554. The van der Waals surface area contributed by atoms with Crippen molar-refractivity contribution in [1.82, 2.24) is 0 Å². The molecule has 0 rings (SSSR count). The van der Waals surface area contributed by atoms with Gasteiger partial charge in [-0.15, -0.1) is 0 Å². The Kier molecular flexibility index (Phi) is 3.80. The first-order chi connectivity index (χ1) is 3.31. The van der Waals surface area contributed by atoms with E-state index in [-0.39, 0.29) is 5.97 Å². The third kappa shape index (κ3) is 3.59. The molecule has 0 aromatic heterocycles. The van der Waals surface area contributed by atoms with Gasteiger partial charge in [-0.2, -0.15) is 0 Å². The van der Waals surface area contributed by atoms with Crippen molar-refractivity contribution in [3.8, 4) is 0 Å². The lowest BCUT2D eigenvalue weighted by molar-refractivity contribution is -0.138. The zero-order chi connectivity index (χ0) is 5.70. The van der Waals surface area contributed by atoms with Crippen LogP contribution in [-0.4, -0.2) is 5.97 Å². The molecule has 0 N–H and O–H groups in total. The maximum Gasteiger partial charge on any atom is 0.307 e. The maximum absolute atomic E-state index is 10.1. The lowest BCUT2D eigenvalue weighted by Crippen LogP contribution is -1.95. The highest BCUT2D eigenvalue weighted by Gasteiger charge is 1.92. The van der Waals surface area contributed by atoms with Crippen molar-refractivity contribution >= 4 is 17.6 Å². The first kappa shape index (κ1) is 6.76. The van der Waals surface area contributed by atoms with Gasteiger partial charge >= 0.3 is 5.97 Å². The highest BCUT2D eigenvalue weighted by molar-refractivity contribution is 6.22. The highest BCUT2D eigenvalue weighted by Crippen LogP contribution is 1.89. The van der Waals surface area contributed by atoms with Crippen LogP contribution in [0.1, 0.15) is 13.3 Å². The second-order valence-electron chi connectivity index (χ2n) is 0.933. The van der Waals surface area contributed by atoms with E-state index in [0.717, 1.165) is 6.07 Å². The molecule has 0 atom stereocenters. The summed E-state index contributed by atoms with van der Waals surface area (Å²) in [7, 11) is 0. The van der Waals surface area contributed by atoms with Crippen LogP contribution in [0.4, 0.5) is 0 Å². The number of halogens is 1. The molecule has 0 spiro atoms. The molecule has 0 bridgehead atoms. The molecule has 0 aliphatic rings. The normalized spacial score (nSPS) is 8.29. The number of rotatable bonds is 2. The minimum atomic E-state index is -0.310. The van der Waals surface area contributed by atoms with E-state index >= 15 is 0 Å². The SMILES string of the molecule is CCC(=O)O[CH]Cl. The minimum Gasteiger partial charge on any atom is -0.440 e. The molecule has 0 heterocycles. The molecule has 0 aromatic rings. The van der Waals surface area contributed by atoms with Gasteiger partial charge in [-0.3, -0.25) is 4.79 Å². The summed E-state index contributed by atoms with van der Waals surface area (Å²) >= 11 is 4.91. The fourth-order valence-electron chi connectivity index (χ4n) is 0.133. The average molecular weight is 122 g/mol. The molecule has 3 heteroatoms. The van der Waals surface area contributed by atoms with Crippen LogP contribution in [0.5, 0.6) is 0 Å². The topological polar surface area (TPSA) is 26.3 Å². The summed E-state index contributed by atoms with van der Waals surface area (Å²) in [4.78, 5) is 10.1. The molecule has 2 nitrogen and oxygen atoms in total. The first-order valence-corrected chi connectivity index (χ1v) is 2.36. The molecule has 0 saturated heterocycles. The van der Waals surface area contributed by atoms with Crippen LogP contribution in [0.15, 0.2) is 0 Å². The van der Waals surface area contributed by atoms with Crippen molar-refractivity contribution in [2.45, 2.75) is 13.3 Å². The van der Waals surface area contributed by atoms with Crippen LogP contribution < -0.4 is 0 Å². The summed E-state index contributed by atoms with van der Waals surface area (Å²) in [5.41, 5.74) is 0. The summed E-state index contributed by atoms with van der Waals surface area (Å²) in [5.74, 6) is -0.310. The fourth-order valence-corrected chi connectivity index (χ4v) is 0.232. The first-order valence-electron chi connectivity index (χ1n) is 1.92. The van der Waals surface area contributed by atoms with E-state index in [1.807, 2.05) is 0 Å². The summed E-state index contributed by atoms with van der Waals surface area (Å²) in [6.45, 7) is 1.70. The van der Waals surface area contributed by atoms with E-state index in [2.05, 4.69) is 4.74 Å². The van der Waals surface area contributed by atoms with E-state index in [0.29, 0.717) is 6.42 Å². The van der Waals surface area contributed by atoms with Gasteiger partial charge < -0.3 is 4.74 Å². The van der Waals surface area contributed by atoms with Crippen LogP contribution in [0, 0.1) is 6.07 Å². The monoisotopic (exact) mass is 121 g/mol. The van der Waals surface area contributed by atoms with Crippen LogP contribution >= 0.6 is 11.6 Å². The largest absolute Gasteiger partial charge is 0.440 e. The number of esters is 1. The highest BCUT2D eigenvalue weighted by atomic mass is 35.5. The Balaban J connectivity index is 3.00. The third-order valence-electron chi connectivity index (χ3n) is 0.465. The fraction of sp³-hybridized carbons (Fsp3) is 0.500. The molecule has 7 heavy (non-hydrogen) atoms. The van der Waals surface area contributed by atoms with Gasteiger partial charge in [0.1, 0.15) is 0 Å². The van der Waals surface area contributed by atoms with Crippen molar-refractivity contribution < 1.29 is 9.53 Å². The Morgan fingerprint density at radius 1 is 2.00 bits per heavy atom. The van der Waals surface area contributed by atoms with Crippen LogP contribution in [0.2, 0.25) is 0 Å². The number of hydrogen-bond acceptors (Lipinski definition) is 2. The van der Waals surface area contributed by atoms with Gasteiger partial charge in [0, 0.05) is 6.42 Å². The molecule has 0 aliphatic carbocycles. The number of carbonyl (C=O) groups is 1. The molecule has 0 unspecified atom stereocenters. The summed E-state index contributed by atoms with van der Waals surface area (Å²) in [6, 6.07) is 0.853. The van der Waals surface area contributed by atoms with Gasteiger partial charge in [0.15, 0.2) is 0 Å². The zero-order valence-electron chi connectivity index (χ0n) is 3.98. The Morgan fingerprint density at radius 3 is 2.71 bits per heavy atom. The molecule has 0 saturated carbocycles. The number of carbonyl (C=O) groups excluding carboxylic acids is 1.